The molecule has 1 saturated carbocycles. The highest BCUT2D eigenvalue weighted by Gasteiger charge is 2.49. The van der Waals surface area contributed by atoms with E-state index in [0.717, 1.165) is 0 Å². The fourth-order valence-electron chi connectivity index (χ4n) is 1.89. The summed E-state index contributed by atoms with van der Waals surface area (Å²) in [4.78, 5) is 24.4. The molecule has 5 heteroatoms. The predicted octanol–water partition coefficient (Wildman–Crippen LogP) is 1.11. The fourth-order valence-corrected chi connectivity index (χ4v) is 1.89. The van der Waals surface area contributed by atoms with E-state index in [1.54, 1.807) is 4.90 Å². The van der Waals surface area contributed by atoms with E-state index in [1.807, 2.05) is 19.9 Å². The molecule has 1 N–H and O–H groups in total. The Balaban J connectivity index is 2.55. The van der Waals surface area contributed by atoms with Crippen LogP contribution in [0.1, 0.15) is 26.7 Å². The number of rotatable bonds is 6. The Morgan fingerprint density at radius 3 is 2.53 bits per heavy atom. The second-order valence-corrected chi connectivity index (χ2v) is 4.87. The smallest absolute Gasteiger partial charge is 0.307 e. The lowest BCUT2D eigenvalue weighted by Gasteiger charge is -2.23. The first-order chi connectivity index (χ1) is 7.97. The van der Waals surface area contributed by atoms with Gasteiger partial charge in [-0.1, -0.05) is 13.8 Å². The SMILES string of the molecule is CC(C)CN(CCC#N)C(=O)C1CC1C(=O)O. The average Bonchev–Trinajstić information content (AvgIpc) is 3.02. The molecule has 5 nitrogen and oxygen atoms in total. The quantitative estimate of drug-likeness (QED) is 0.751. The summed E-state index contributed by atoms with van der Waals surface area (Å²) < 4.78 is 0. The summed E-state index contributed by atoms with van der Waals surface area (Å²) in [5, 5.41) is 17.3. The van der Waals surface area contributed by atoms with Crippen molar-refractivity contribution in [1.29, 1.82) is 5.26 Å². The topological polar surface area (TPSA) is 81.4 Å². The van der Waals surface area contributed by atoms with Crippen molar-refractivity contribution in [3.05, 3.63) is 0 Å². The highest BCUT2D eigenvalue weighted by atomic mass is 16.4. The number of hydrogen-bond acceptors (Lipinski definition) is 3. The summed E-state index contributed by atoms with van der Waals surface area (Å²) in [6.45, 7) is 4.97. The van der Waals surface area contributed by atoms with Gasteiger partial charge in [-0.2, -0.15) is 5.26 Å². The Labute approximate surface area is 101 Å². The molecule has 0 heterocycles. The molecule has 0 aromatic heterocycles. The third kappa shape index (κ3) is 3.74. The van der Waals surface area contributed by atoms with Gasteiger partial charge in [0.2, 0.25) is 5.91 Å². The molecule has 2 atom stereocenters. The van der Waals surface area contributed by atoms with Crippen LogP contribution in [0.3, 0.4) is 0 Å². The first-order valence-electron chi connectivity index (χ1n) is 5.86. The molecule has 1 aliphatic carbocycles. The predicted molar refractivity (Wildman–Crippen MR) is 60.9 cm³/mol. The third-order valence-electron chi connectivity index (χ3n) is 2.82. The summed E-state index contributed by atoms with van der Waals surface area (Å²) >= 11 is 0. The average molecular weight is 238 g/mol. The maximum absolute atomic E-state index is 12.0. The van der Waals surface area contributed by atoms with Gasteiger partial charge in [0.15, 0.2) is 0 Å². The number of aliphatic carboxylic acids is 1. The van der Waals surface area contributed by atoms with E-state index in [9.17, 15) is 9.59 Å². The third-order valence-corrected chi connectivity index (χ3v) is 2.82. The molecule has 0 saturated heterocycles. The summed E-state index contributed by atoms with van der Waals surface area (Å²) in [6, 6.07) is 2.01. The fraction of sp³-hybridized carbons (Fsp3) is 0.750. The van der Waals surface area contributed by atoms with Crippen molar-refractivity contribution in [3.63, 3.8) is 0 Å². The van der Waals surface area contributed by atoms with Crippen LogP contribution < -0.4 is 0 Å². The molecular weight excluding hydrogens is 220 g/mol. The highest BCUT2D eigenvalue weighted by Crippen LogP contribution is 2.40. The maximum atomic E-state index is 12.0. The monoisotopic (exact) mass is 238 g/mol. The normalized spacial score (nSPS) is 22.0. The van der Waals surface area contributed by atoms with Gasteiger partial charge in [-0.05, 0) is 12.3 Å². The van der Waals surface area contributed by atoms with Crippen LogP contribution in [0.2, 0.25) is 0 Å². The highest BCUT2D eigenvalue weighted by molar-refractivity contribution is 5.89. The lowest BCUT2D eigenvalue weighted by molar-refractivity contribution is -0.142. The van der Waals surface area contributed by atoms with Crippen LogP contribution >= 0.6 is 0 Å². The lowest BCUT2D eigenvalue weighted by Crippen LogP contribution is -2.36. The summed E-state index contributed by atoms with van der Waals surface area (Å²) in [7, 11) is 0. The molecule has 1 rings (SSSR count). The number of nitrogens with zero attached hydrogens (tertiary/aromatic N) is 2. The summed E-state index contributed by atoms with van der Waals surface area (Å²) in [5.74, 6) is -1.57. The molecule has 0 aliphatic heterocycles. The maximum Gasteiger partial charge on any atom is 0.307 e. The van der Waals surface area contributed by atoms with E-state index >= 15 is 0 Å². The minimum absolute atomic E-state index is 0.110. The largest absolute Gasteiger partial charge is 0.481 e. The van der Waals surface area contributed by atoms with Gasteiger partial charge in [0.25, 0.3) is 0 Å². The Kier molecular flexibility index (Phi) is 4.50. The Morgan fingerprint density at radius 2 is 2.12 bits per heavy atom. The number of carboxylic acid groups (broad SMARTS) is 1. The van der Waals surface area contributed by atoms with Gasteiger partial charge in [-0.15, -0.1) is 0 Å². The zero-order valence-corrected chi connectivity index (χ0v) is 10.2. The van der Waals surface area contributed by atoms with E-state index < -0.39 is 11.9 Å². The first kappa shape index (κ1) is 13.5. The first-order valence-corrected chi connectivity index (χ1v) is 5.86. The molecular formula is C12H18N2O3. The molecule has 0 radical (unpaired) electrons. The molecule has 0 aromatic carbocycles. The van der Waals surface area contributed by atoms with Crippen molar-refractivity contribution in [3.8, 4) is 6.07 Å². The van der Waals surface area contributed by atoms with E-state index in [1.165, 1.54) is 0 Å². The molecule has 17 heavy (non-hydrogen) atoms. The Hall–Kier alpha value is -1.57. The van der Waals surface area contributed by atoms with Crippen molar-refractivity contribution in [2.45, 2.75) is 26.7 Å². The van der Waals surface area contributed by atoms with Gasteiger partial charge in [0, 0.05) is 13.1 Å². The van der Waals surface area contributed by atoms with Gasteiger partial charge >= 0.3 is 5.97 Å². The summed E-state index contributed by atoms with van der Waals surface area (Å²) in [6.07, 6.45) is 0.734. The van der Waals surface area contributed by atoms with Crippen LogP contribution in [-0.2, 0) is 9.59 Å². The van der Waals surface area contributed by atoms with Crippen molar-refractivity contribution >= 4 is 11.9 Å². The number of carbonyl (C=O) groups is 2. The number of carbonyl (C=O) groups excluding carboxylic acids is 1. The van der Waals surface area contributed by atoms with Crippen molar-refractivity contribution in [2.24, 2.45) is 17.8 Å². The standard InChI is InChI=1S/C12H18N2O3/c1-8(2)7-14(5-3-4-13)11(15)9-6-10(9)12(16)17/h8-10H,3,5-7H2,1-2H3,(H,16,17). The lowest BCUT2D eigenvalue weighted by atomic mass is 10.2. The van der Waals surface area contributed by atoms with E-state index in [2.05, 4.69) is 0 Å². The van der Waals surface area contributed by atoms with Gasteiger partial charge in [-0.25, -0.2) is 0 Å². The minimum Gasteiger partial charge on any atom is -0.481 e. The van der Waals surface area contributed by atoms with E-state index in [0.29, 0.717) is 31.8 Å². The number of hydrogen-bond donors (Lipinski definition) is 1. The van der Waals surface area contributed by atoms with E-state index in [-0.39, 0.29) is 11.8 Å². The molecule has 0 aromatic rings. The molecule has 94 valence electrons. The molecule has 2 unspecified atom stereocenters. The van der Waals surface area contributed by atoms with Gasteiger partial charge < -0.3 is 10.0 Å². The second-order valence-electron chi connectivity index (χ2n) is 4.87. The molecule has 0 bridgehead atoms. The van der Waals surface area contributed by atoms with Crippen LogP contribution in [0.25, 0.3) is 0 Å². The van der Waals surface area contributed by atoms with Gasteiger partial charge in [0.05, 0.1) is 24.3 Å². The van der Waals surface area contributed by atoms with Crippen LogP contribution in [0.4, 0.5) is 0 Å². The Morgan fingerprint density at radius 1 is 1.47 bits per heavy atom. The number of carboxylic acids is 1. The summed E-state index contributed by atoms with van der Waals surface area (Å²) in [5.41, 5.74) is 0. The number of amides is 1. The molecule has 0 spiro atoms. The van der Waals surface area contributed by atoms with Crippen molar-refractivity contribution < 1.29 is 14.7 Å². The van der Waals surface area contributed by atoms with Crippen molar-refractivity contribution in [1.82, 2.24) is 4.90 Å². The number of nitriles is 1. The second kappa shape index (κ2) is 5.67. The minimum atomic E-state index is -0.895. The van der Waals surface area contributed by atoms with Gasteiger partial charge in [0.1, 0.15) is 0 Å². The Bertz CT molecular complexity index is 346. The molecule has 1 amide bonds. The zero-order valence-electron chi connectivity index (χ0n) is 10.2. The van der Waals surface area contributed by atoms with Crippen LogP contribution in [0.15, 0.2) is 0 Å². The molecule has 1 fully saturated rings. The molecule has 1 aliphatic rings. The van der Waals surface area contributed by atoms with Crippen LogP contribution in [0.5, 0.6) is 0 Å². The van der Waals surface area contributed by atoms with Gasteiger partial charge in [-0.3, -0.25) is 9.59 Å². The van der Waals surface area contributed by atoms with Crippen LogP contribution in [-0.4, -0.2) is 35.0 Å². The zero-order chi connectivity index (χ0) is 13.0. The van der Waals surface area contributed by atoms with E-state index in [4.69, 9.17) is 10.4 Å². The van der Waals surface area contributed by atoms with Crippen LogP contribution in [0, 0.1) is 29.1 Å². The van der Waals surface area contributed by atoms with Crippen molar-refractivity contribution in [2.75, 3.05) is 13.1 Å².